The highest BCUT2D eigenvalue weighted by Crippen LogP contribution is 1.97. The van der Waals surface area contributed by atoms with E-state index in [4.69, 9.17) is 15.7 Å². The molecule has 0 aromatic carbocycles. The minimum absolute atomic E-state index is 0.104. The molecule has 2 unspecified atom stereocenters. The Morgan fingerprint density at radius 3 is 2.73 bits per heavy atom. The topological polar surface area (TPSA) is 100 Å². The van der Waals surface area contributed by atoms with Crippen LogP contribution >= 0.6 is 0 Å². The Morgan fingerprint density at radius 2 is 2.27 bits per heavy atom. The van der Waals surface area contributed by atoms with E-state index in [1.165, 1.54) is 7.11 Å². The van der Waals surface area contributed by atoms with Gasteiger partial charge in [-0.05, 0) is 6.42 Å². The van der Waals surface area contributed by atoms with Gasteiger partial charge in [-0.2, -0.15) is 0 Å². The van der Waals surface area contributed by atoms with Crippen LogP contribution < -0.4 is 11.1 Å². The lowest BCUT2D eigenvalue weighted by molar-refractivity contribution is 0.0627. The van der Waals surface area contributed by atoms with Crippen molar-refractivity contribution < 1.29 is 15.1 Å². The van der Waals surface area contributed by atoms with Crippen LogP contribution in [-0.4, -0.2) is 48.6 Å². The number of hydrogen-bond acceptors (Lipinski definition) is 5. The zero-order valence-electron chi connectivity index (χ0n) is 9.31. The van der Waals surface area contributed by atoms with Crippen LogP contribution in [0.5, 0.6) is 0 Å². The highest BCUT2D eigenvalue weighted by molar-refractivity contribution is 5.80. The van der Waals surface area contributed by atoms with Crippen molar-refractivity contribution in [2.75, 3.05) is 20.3 Å². The third-order valence-corrected chi connectivity index (χ3v) is 2.08. The molecule has 6 nitrogen and oxygen atoms in total. The maximum atomic E-state index is 9.39. The summed E-state index contributed by atoms with van der Waals surface area (Å²) in [4.78, 5) is 0. The summed E-state index contributed by atoms with van der Waals surface area (Å²) >= 11 is 0. The Kier molecular flexibility index (Phi) is 7.98. The Bertz CT molecular complexity index is 187. The molecule has 0 fully saturated rings. The predicted octanol–water partition coefficient (Wildman–Crippen LogP) is -0.502. The highest BCUT2D eigenvalue weighted by Gasteiger charge is 2.10. The van der Waals surface area contributed by atoms with Crippen LogP contribution in [0.1, 0.15) is 19.8 Å². The van der Waals surface area contributed by atoms with Crippen molar-refractivity contribution in [2.45, 2.75) is 31.9 Å². The molecule has 0 rings (SSSR count). The third kappa shape index (κ3) is 7.12. The SMILES string of the molecule is CCC(CC(N)=NO)NCC(O)COC. The van der Waals surface area contributed by atoms with Gasteiger partial charge in [-0.25, -0.2) is 0 Å². The van der Waals surface area contributed by atoms with E-state index in [1.807, 2.05) is 6.92 Å². The lowest BCUT2D eigenvalue weighted by Crippen LogP contribution is -2.39. The average molecular weight is 219 g/mol. The molecule has 0 aromatic heterocycles. The molecule has 0 aliphatic heterocycles. The second-order valence-corrected chi connectivity index (χ2v) is 3.42. The van der Waals surface area contributed by atoms with Crippen molar-refractivity contribution >= 4 is 5.84 Å². The quantitative estimate of drug-likeness (QED) is 0.191. The molecule has 0 amide bonds. The normalized spacial score (nSPS) is 16.3. The van der Waals surface area contributed by atoms with E-state index in [0.717, 1.165) is 6.42 Å². The van der Waals surface area contributed by atoms with Gasteiger partial charge in [0.1, 0.15) is 5.84 Å². The number of aliphatic hydroxyl groups excluding tert-OH is 1. The van der Waals surface area contributed by atoms with Crippen molar-refractivity contribution in [3.63, 3.8) is 0 Å². The largest absolute Gasteiger partial charge is 0.409 e. The summed E-state index contributed by atoms with van der Waals surface area (Å²) < 4.78 is 4.79. The van der Waals surface area contributed by atoms with Gasteiger partial charge in [-0.3, -0.25) is 0 Å². The molecular formula is C9H21N3O3. The van der Waals surface area contributed by atoms with E-state index in [1.54, 1.807) is 0 Å². The molecule has 0 saturated heterocycles. The van der Waals surface area contributed by atoms with Gasteiger partial charge in [0.25, 0.3) is 0 Å². The number of oxime groups is 1. The summed E-state index contributed by atoms with van der Waals surface area (Å²) in [5.74, 6) is 0.190. The van der Waals surface area contributed by atoms with Crippen LogP contribution in [0.2, 0.25) is 0 Å². The molecule has 90 valence electrons. The lowest BCUT2D eigenvalue weighted by Gasteiger charge is -2.18. The van der Waals surface area contributed by atoms with Crippen molar-refractivity contribution in [3.05, 3.63) is 0 Å². The number of methoxy groups -OCH3 is 1. The summed E-state index contributed by atoms with van der Waals surface area (Å²) in [6.07, 6.45) is 0.777. The first-order valence-corrected chi connectivity index (χ1v) is 5.00. The fourth-order valence-electron chi connectivity index (χ4n) is 1.21. The van der Waals surface area contributed by atoms with Gasteiger partial charge in [-0.15, -0.1) is 0 Å². The average Bonchev–Trinajstić information content (AvgIpc) is 2.24. The van der Waals surface area contributed by atoms with Gasteiger partial charge in [0.2, 0.25) is 0 Å². The molecule has 15 heavy (non-hydrogen) atoms. The molecule has 0 saturated carbocycles. The summed E-state index contributed by atoms with van der Waals surface area (Å²) in [7, 11) is 1.54. The van der Waals surface area contributed by atoms with Crippen LogP contribution in [0, 0.1) is 0 Å². The van der Waals surface area contributed by atoms with E-state index in [-0.39, 0.29) is 11.9 Å². The Morgan fingerprint density at radius 1 is 1.60 bits per heavy atom. The molecule has 0 aliphatic rings. The van der Waals surface area contributed by atoms with Gasteiger partial charge < -0.3 is 26.1 Å². The van der Waals surface area contributed by atoms with Crippen LogP contribution in [-0.2, 0) is 4.74 Å². The Hall–Kier alpha value is -0.850. The van der Waals surface area contributed by atoms with E-state index in [9.17, 15) is 5.11 Å². The van der Waals surface area contributed by atoms with Crippen molar-refractivity contribution in [1.29, 1.82) is 0 Å². The van der Waals surface area contributed by atoms with Crippen LogP contribution in [0.25, 0.3) is 0 Å². The van der Waals surface area contributed by atoms with Crippen LogP contribution in [0.15, 0.2) is 5.16 Å². The number of rotatable bonds is 8. The predicted molar refractivity (Wildman–Crippen MR) is 58.0 cm³/mol. The monoisotopic (exact) mass is 219 g/mol. The highest BCUT2D eigenvalue weighted by atomic mass is 16.5. The maximum absolute atomic E-state index is 9.39. The summed E-state index contributed by atoms with van der Waals surface area (Å²) in [5, 5.41) is 23.8. The molecule has 0 radical (unpaired) electrons. The number of nitrogens with one attached hydrogen (secondary N) is 1. The minimum Gasteiger partial charge on any atom is -0.409 e. The molecule has 2 atom stereocenters. The Labute approximate surface area is 90.1 Å². The minimum atomic E-state index is -0.531. The first-order valence-electron chi connectivity index (χ1n) is 5.00. The summed E-state index contributed by atoms with van der Waals surface area (Å²) in [6, 6.07) is 0.104. The number of amidine groups is 1. The van der Waals surface area contributed by atoms with E-state index in [2.05, 4.69) is 10.5 Å². The van der Waals surface area contributed by atoms with Crippen molar-refractivity contribution in [2.24, 2.45) is 10.9 Å². The maximum Gasteiger partial charge on any atom is 0.140 e. The van der Waals surface area contributed by atoms with E-state index in [0.29, 0.717) is 19.6 Å². The van der Waals surface area contributed by atoms with Crippen LogP contribution in [0.3, 0.4) is 0 Å². The molecule has 0 spiro atoms. The lowest BCUT2D eigenvalue weighted by atomic mass is 10.1. The third-order valence-electron chi connectivity index (χ3n) is 2.08. The van der Waals surface area contributed by atoms with Gasteiger partial charge in [0.15, 0.2) is 0 Å². The summed E-state index contributed by atoms with van der Waals surface area (Å²) in [6.45, 7) is 2.73. The molecular weight excluding hydrogens is 198 g/mol. The van der Waals surface area contributed by atoms with Crippen LogP contribution in [0.4, 0.5) is 0 Å². The zero-order valence-corrected chi connectivity index (χ0v) is 9.31. The number of nitrogens with zero attached hydrogens (tertiary/aromatic N) is 1. The number of nitrogens with two attached hydrogens (primary N) is 1. The van der Waals surface area contributed by atoms with E-state index < -0.39 is 6.10 Å². The molecule has 6 heteroatoms. The molecule has 0 heterocycles. The van der Waals surface area contributed by atoms with Gasteiger partial charge in [-0.1, -0.05) is 12.1 Å². The molecule has 0 aromatic rings. The molecule has 0 aliphatic carbocycles. The fraction of sp³-hybridized carbons (Fsp3) is 0.889. The number of hydrogen-bond donors (Lipinski definition) is 4. The van der Waals surface area contributed by atoms with Crippen molar-refractivity contribution in [3.8, 4) is 0 Å². The number of aliphatic hydroxyl groups is 1. The first kappa shape index (κ1) is 14.2. The molecule has 0 bridgehead atoms. The first-order chi connectivity index (χ1) is 7.13. The van der Waals surface area contributed by atoms with Gasteiger partial charge in [0.05, 0.1) is 12.7 Å². The Balaban J connectivity index is 3.79. The number of ether oxygens (including phenoxy) is 1. The molecule has 5 N–H and O–H groups in total. The smallest absolute Gasteiger partial charge is 0.140 e. The van der Waals surface area contributed by atoms with E-state index >= 15 is 0 Å². The van der Waals surface area contributed by atoms with Crippen molar-refractivity contribution in [1.82, 2.24) is 5.32 Å². The summed E-state index contributed by atoms with van der Waals surface area (Å²) in [5.41, 5.74) is 5.39. The standard InChI is InChI=1S/C9H21N3O3/c1-3-7(4-9(10)12-14)11-5-8(13)6-15-2/h7-8,11,13-14H,3-6H2,1-2H3,(H2,10,12). The van der Waals surface area contributed by atoms with Gasteiger partial charge in [0, 0.05) is 26.1 Å². The fourth-order valence-corrected chi connectivity index (χ4v) is 1.21. The zero-order chi connectivity index (χ0) is 11.7. The second-order valence-electron chi connectivity index (χ2n) is 3.42. The van der Waals surface area contributed by atoms with Gasteiger partial charge >= 0.3 is 0 Å². The second kappa shape index (κ2) is 8.46.